The Hall–Kier alpha value is -3.12. The standard InChI is InChI=1S/C22H22N2O3S/c1-16-12-13-20(23-17(2)25)15-22(16)28(26,27)24-21-11-7-6-10-19(21)14-18-8-4-3-5-9-18/h3-13,15,24H,14H2,1-2H3,(H,23,25). The van der Waals surface area contributed by atoms with E-state index in [0.29, 0.717) is 23.4 Å². The van der Waals surface area contributed by atoms with Crippen LogP contribution in [0.1, 0.15) is 23.6 Å². The summed E-state index contributed by atoms with van der Waals surface area (Å²) in [6.07, 6.45) is 0.616. The summed E-state index contributed by atoms with van der Waals surface area (Å²) in [4.78, 5) is 11.4. The van der Waals surface area contributed by atoms with E-state index in [1.807, 2.05) is 42.5 Å². The highest BCUT2D eigenvalue weighted by Crippen LogP contribution is 2.26. The minimum atomic E-state index is -3.82. The molecule has 0 spiro atoms. The monoisotopic (exact) mass is 394 g/mol. The Kier molecular flexibility index (Phi) is 5.80. The van der Waals surface area contributed by atoms with Gasteiger partial charge in [0.1, 0.15) is 0 Å². The highest BCUT2D eigenvalue weighted by Gasteiger charge is 2.19. The van der Waals surface area contributed by atoms with Gasteiger partial charge in [-0.15, -0.1) is 0 Å². The first-order valence-electron chi connectivity index (χ1n) is 8.88. The Balaban J connectivity index is 1.92. The van der Waals surface area contributed by atoms with Crippen LogP contribution >= 0.6 is 0 Å². The van der Waals surface area contributed by atoms with E-state index < -0.39 is 10.0 Å². The van der Waals surface area contributed by atoms with Gasteiger partial charge in [0, 0.05) is 12.6 Å². The van der Waals surface area contributed by atoms with Gasteiger partial charge in [0.2, 0.25) is 5.91 Å². The molecular formula is C22H22N2O3S. The lowest BCUT2D eigenvalue weighted by Gasteiger charge is -2.15. The summed E-state index contributed by atoms with van der Waals surface area (Å²) in [5.41, 5.74) is 3.56. The minimum absolute atomic E-state index is 0.133. The molecule has 0 bridgehead atoms. The Morgan fingerprint density at radius 2 is 1.61 bits per heavy atom. The fraction of sp³-hybridized carbons (Fsp3) is 0.136. The number of benzene rings is 3. The summed E-state index contributed by atoms with van der Waals surface area (Å²) >= 11 is 0. The minimum Gasteiger partial charge on any atom is -0.326 e. The molecule has 0 saturated carbocycles. The van der Waals surface area contributed by atoms with Crippen LogP contribution in [0.4, 0.5) is 11.4 Å². The Bertz CT molecular complexity index is 1090. The van der Waals surface area contributed by atoms with Crippen molar-refractivity contribution in [1.29, 1.82) is 0 Å². The van der Waals surface area contributed by atoms with Gasteiger partial charge in [-0.25, -0.2) is 8.42 Å². The molecule has 2 N–H and O–H groups in total. The number of rotatable bonds is 6. The zero-order valence-electron chi connectivity index (χ0n) is 15.8. The number of nitrogens with one attached hydrogen (secondary N) is 2. The second-order valence-corrected chi connectivity index (χ2v) is 8.24. The van der Waals surface area contributed by atoms with E-state index in [1.165, 1.54) is 13.0 Å². The summed E-state index contributed by atoms with van der Waals surface area (Å²) in [5, 5.41) is 2.62. The third kappa shape index (κ3) is 4.78. The van der Waals surface area contributed by atoms with Gasteiger partial charge in [0.15, 0.2) is 0 Å². The maximum absolute atomic E-state index is 13.0. The Labute approximate surface area is 165 Å². The number of aryl methyl sites for hydroxylation is 1. The predicted octanol–water partition coefficient (Wildman–Crippen LogP) is 4.35. The summed E-state index contributed by atoms with van der Waals surface area (Å²) in [7, 11) is -3.82. The van der Waals surface area contributed by atoms with Gasteiger partial charge in [-0.3, -0.25) is 9.52 Å². The highest BCUT2D eigenvalue weighted by atomic mass is 32.2. The second-order valence-electron chi connectivity index (χ2n) is 6.59. The average molecular weight is 394 g/mol. The van der Waals surface area contributed by atoms with Crippen LogP contribution < -0.4 is 10.0 Å². The van der Waals surface area contributed by atoms with Crippen LogP contribution in [0.15, 0.2) is 77.7 Å². The third-order valence-corrected chi connectivity index (χ3v) is 5.80. The number of hydrogen-bond donors (Lipinski definition) is 2. The second kappa shape index (κ2) is 8.27. The molecule has 1 amide bonds. The lowest BCUT2D eigenvalue weighted by atomic mass is 10.0. The molecule has 0 radical (unpaired) electrons. The van der Waals surface area contributed by atoms with Crippen LogP contribution in [0.25, 0.3) is 0 Å². The molecule has 0 aliphatic rings. The zero-order valence-corrected chi connectivity index (χ0v) is 16.6. The first kappa shape index (κ1) is 19.6. The van der Waals surface area contributed by atoms with E-state index in [0.717, 1.165) is 11.1 Å². The highest BCUT2D eigenvalue weighted by molar-refractivity contribution is 7.92. The van der Waals surface area contributed by atoms with Gasteiger partial charge in [-0.2, -0.15) is 0 Å². The van der Waals surface area contributed by atoms with Crippen LogP contribution in [-0.2, 0) is 21.2 Å². The molecule has 3 aromatic carbocycles. The Morgan fingerprint density at radius 3 is 2.32 bits per heavy atom. The van der Waals surface area contributed by atoms with E-state index in [-0.39, 0.29) is 10.8 Å². The summed E-state index contributed by atoms with van der Waals surface area (Å²) < 4.78 is 28.8. The SMILES string of the molecule is CC(=O)Nc1ccc(C)c(S(=O)(=O)Nc2ccccc2Cc2ccccc2)c1. The molecule has 6 heteroatoms. The Morgan fingerprint density at radius 1 is 0.929 bits per heavy atom. The van der Waals surface area contributed by atoms with Crippen molar-refractivity contribution >= 4 is 27.3 Å². The van der Waals surface area contributed by atoms with Crippen LogP contribution in [0.5, 0.6) is 0 Å². The molecule has 3 aromatic rings. The molecule has 0 saturated heterocycles. The maximum Gasteiger partial charge on any atom is 0.262 e. The van der Waals surface area contributed by atoms with Crippen molar-refractivity contribution in [2.45, 2.75) is 25.2 Å². The quantitative estimate of drug-likeness (QED) is 0.653. The molecular weight excluding hydrogens is 372 g/mol. The van der Waals surface area contributed by atoms with E-state index >= 15 is 0 Å². The number of anilines is 2. The molecule has 5 nitrogen and oxygen atoms in total. The zero-order chi connectivity index (χ0) is 20.1. The van der Waals surface area contributed by atoms with E-state index in [9.17, 15) is 13.2 Å². The fourth-order valence-corrected chi connectivity index (χ4v) is 4.33. The third-order valence-electron chi connectivity index (χ3n) is 4.30. The number of carbonyl (C=O) groups excluding carboxylic acids is 1. The van der Waals surface area contributed by atoms with Crippen LogP contribution in [0.3, 0.4) is 0 Å². The lowest BCUT2D eigenvalue weighted by Crippen LogP contribution is -2.16. The number of para-hydroxylation sites is 1. The van der Waals surface area contributed by atoms with Gasteiger partial charge in [0.25, 0.3) is 10.0 Å². The van der Waals surface area contributed by atoms with Crippen molar-refractivity contribution in [3.63, 3.8) is 0 Å². The van der Waals surface area contributed by atoms with Crippen molar-refractivity contribution in [2.24, 2.45) is 0 Å². The van der Waals surface area contributed by atoms with E-state index in [2.05, 4.69) is 10.0 Å². The van der Waals surface area contributed by atoms with Crippen LogP contribution in [-0.4, -0.2) is 14.3 Å². The largest absolute Gasteiger partial charge is 0.326 e. The molecule has 0 unspecified atom stereocenters. The molecule has 0 fully saturated rings. The topological polar surface area (TPSA) is 75.3 Å². The van der Waals surface area contributed by atoms with Crippen LogP contribution in [0, 0.1) is 6.92 Å². The van der Waals surface area contributed by atoms with Crippen molar-refractivity contribution < 1.29 is 13.2 Å². The first-order valence-corrected chi connectivity index (χ1v) is 10.4. The molecule has 0 aliphatic carbocycles. The molecule has 28 heavy (non-hydrogen) atoms. The smallest absolute Gasteiger partial charge is 0.262 e. The maximum atomic E-state index is 13.0. The van der Waals surface area contributed by atoms with E-state index in [4.69, 9.17) is 0 Å². The molecule has 0 aliphatic heterocycles. The van der Waals surface area contributed by atoms with Crippen molar-refractivity contribution in [2.75, 3.05) is 10.0 Å². The van der Waals surface area contributed by atoms with Crippen molar-refractivity contribution in [1.82, 2.24) is 0 Å². The molecule has 0 atom stereocenters. The normalized spacial score (nSPS) is 11.1. The first-order chi connectivity index (χ1) is 13.3. The van der Waals surface area contributed by atoms with Crippen LogP contribution in [0.2, 0.25) is 0 Å². The van der Waals surface area contributed by atoms with Gasteiger partial charge in [0.05, 0.1) is 10.6 Å². The number of carbonyl (C=O) groups is 1. The summed E-state index contributed by atoms with van der Waals surface area (Å²) in [6.45, 7) is 3.11. The van der Waals surface area contributed by atoms with Gasteiger partial charge in [-0.1, -0.05) is 54.6 Å². The summed E-state index contributed by atoms with van der Waals surface area (Å²) in [6, 6.07) is 22.0. The van der Waals surface area contributed by atoms with Gasteiger partial charge in [-0.05, 0) is 48.2 Å². The fourth-order valence-electron chi connectivity index (χ4n) is 2.96. The summed E-state index contributed by atoms with van der Waals surface area (Å²) in [5.74, 6) is -0.256. The number of sulfonamides is 1. The van der Waals surface area contributed by atoms with Gasteiger partial charge >= 0.3 is 0 Å². The molecule has 3 rings (SSSR count). The number of amides is 1. The van der Waals surface area contributed by atoms with Crippen molar-refractivity contribution in [3.8, 4) is 0 Å². The van der Waals surface area contributed by atoms with Gasteiger partial charge < -0.3 is 5.32 Å². The molecule has 0 heterocycles. The molecule has 144 valence electrons. The van der Waals surface area contributed by atoms with Crippen molar-refractivity contribution in [3.05, 3.63) is 89.5 Å². The number of hydrogen-bond acceptors (Lipinski definition) is 3. The van der Waals surface area contributed by atoms with E-state index in [1.54, 1.807) is 31.2 Å². The molecule has 0 aromatic heterocycles. The lowest BCUT2D eigenvalue weighted by molar-refractivity contribution is -0.114. The average Bonchev–Trinajstić information content (AvgIpc) is 2.65. The predicted molar refractivity (Wildman–Crippen MR) is 112 cm³/mol.